The van der Waals surface area contributed by atoms with E-state index in [0.29, 0.717) is 0 Å². The monoisotopic (exact) mass is 553 g/mol. The van der Waals surface area contributed by atoms with E-state index in [2.05, 4.69) is 169 Å². The van der Waals surface area contributed by atoms with Crippen molar-refractivity contribution in [1.29, 1.82) is 0 Å². The molecule has 0 aliphatic heterocycles. The van der Waals surface area contributed by atoms with Crippen LogP contribution in [0.1, 0.15) is 0 Å². The van der Waals surface area contributed by atoms with Gasteiger partial charge >= 0.3 is 0 Å². The number of anilines is 3. The smallest absolute Gasteiger partial charge is 0.0554 e. The highest BCUT2D eigenvalue weighted by atomic mass is 32.1. The maximum Gasteiger partial charge on any atom is 0.0554 e. The average molecular weight is 554 g/mol. The zero-order valence-corrected chi connectivity index (χ0v) is 23.8. The third kappa shape index (κ3) is 4.34. The fourth-order valence-electron chi connectivity index (χ4n) is 6.00. The van der Waals surface area contributed by atoms with E-state index in [4.69, 9.17) is 0 Å². The molecule has 0 spiro atoms. The van der Waals surface area contributed by atoms with Crippen LogP contribution in [-0.4, -0.2) is 0 Å². The minimum absolute atomic E-state index is 1.13. The highest BCUT2D eigenvalue weighted by Gasteiger charge is 2.19. The normalized spacial score (nSPS) is 11.3. The Kier molecular flexibility index (Phi) is 6.05. The van der Waals surface area contributed by atoms with Gasteiger partial charge in [-0.3, -0.25) is 0 Å². The zero-order chi connectivity index (χ0) is 27.9. The van der Waals surface area contributed by atoms with Crippen molar-refractivity contribution in [2.24, 2.45) is 0 Å². The lowest BCUT2D eigenvalue weighted by molar-refractivity contribution is 1.30. The van der Waals surface area contributed by atoms with Gasteiger partial charge in [-0.15, -0.1) is 11.3 Å². The first-order valence-electron chi connectivity index (χ1n) is 14.3. The van der Waals surface area contributed by atoms with Crippen LogP contribution in [0, 0.1) is 0 Å². The SMILES string of the molecule is c1ccc(-c2ccc(N(c3cccc(-c4ccc5ccccc5c4)c3)c3cccc4sc5ccccc5c34)cc2)cc1. The predicted octanol–water partition coefficient (Wildman–Crippen LogP) is 12.0. The molecule has 0 N–H and O–H groups in total. The Labute approximate surface area is 249 Å². The minimum Gasteiger partial charge on any atom is -0.310 e. The summed E-state index contributed by atoms with van der Waals surface area (Å²) in [5.74, 6) is 0. The number of rotatable bonds is 5. The van der Waals surface area contributed by atoms with Crippen molar-refractivity contribution in [3.63, 3.8) is 0 Å². The Morgan fingerprint density at radius 2 is 1.02 bits per heavy atom. The Morgan fingerprint density at radius 1 is 0.381 bits per heavy atom. The van der Waals surface area contributed by atoms with Crippen LogP contribution in [0.25, 0.3) is 53.2 Å². The first-order valence-corrected chi connectivity index (χ1v) is 15.1. The maximum absolute atomic E-state index is 2.42. The summed E-state index contributed by atoms with van der Waals surface area (Å²) in [4.78, 5) is 2.42. The lowest BCUT2D eigenvalue weighted by atomic mass is 10.00. The molecule has 0 amide bonds. The zero-order valence-electron chi connectivity index (χ0n) is 22.9. The summed E-state index contributed by atoms with van der Waals surface area (Å²) in [6, 6.07) is 59.2. The number of nitrogens with zero attached hydrogens (tertiary/aromatic N) is 1. The van der Waals surface area contributed by atoms with Gasteiger partial charge in [-0.2, -0.15) is 0 Å². The number of fused-ring (bicyclic) bond motifs is 4. The molecule has 0 unspecified atom stereocenters. The second-order valence-corrected chi connectivity index (χ2v) is 11.7. The number of benzene rings is 7. The molecule has 0 fully saturated rings. The molecule has 0 bridgehead atoms. The molecule has 198 valence electrons. The molecule has 7 aromatic carbocycles. The third-order valence-corrected chi connectivity index (χ3v) is 9.18. The van der Waals surface area contributed by atoms with Gasteiger partial charge in [-0.1, -0.05) is 115 Å². The van der Waals surface area contributed by atoms with Crippen molar-refractivity contribution in [3.05, 3.63) is 164 Å². The fraction of sp³-hybridized carbons (Fsp3) is 0. The van der Waals surface area contributed by atoms with E-state index in [1.54, 1.807) is 0 Å². The second-order valence-electron chi connectivity index (χ2n) is 10.6. The van der Waals surface area contributed by atoms with E-state index in [1.807, 2.05) is 11.3 Å². The molecule has 0 aliphatic rings. The average Bonchev–Trinajstić information content (AvgIpc) is 3.45. The Balaban J connectivity index is 1.32. The summed E-state index contributed by atoms with van der Waals surface area (Å²) in [6.07, 6.45) is 0. The van der Waals surface area contributed by atoms with Crippen molar-refractivity contribution in [1.82, 2.24) is 0 Å². The van der Waals surface area contributed by atoms with Crippen LogP contribution in [0.4, 0.5) is 17.1 Å². The molecule has 0 atom stereocenters. The molecule has 1 nitrogen and oxygen atoms in total. The highest BCUT2D eigenvalue weighted by molar-refractivity contribution is 7.26. The molecule has 0 saturated heterocycles. The van der Waals surface area contributed by atoms with Crippen molar-refractivity contribution >= 4 is 59.3 Å². The first-order chi connectivity index (χ1) is 20.8. The first kappa shape index (κ1) is 24.6. The van der Waals surface area contributed by atoms with Gasteiger partial charge in [-0.05, 0) is 81.6 Å². The number of hydrogen-bond acceptors (Lipinski definition) is 2. The topological polar surface area (TPSA) is 3.24 Å². The summed E-state index contributed by atoms with van der Waals surface area (Å²) in [6.45, 7) is 0. The molecule has 42 heavy (non-hydrogen) atoms. The number of thiophene rings is 1. The fourth-order valence-corrected chi connectivity index (χ4v) is 7.12. The van der Waals surface area contributed by atoms with Gasteiger partial charge in [0, 0.05) is 31.5 Å². The van der Waals surface area contributed by atoms with Crippen LogP contribution in [0.15, 0.2) is 164 Å². The summed E-state index contributed by atoms with van der Waals surface area (Å²) in [5.41, 5.74) is 8.31. The van der Waals surface area contributed by atoms with E-state index < -0.39 is 0 Å². The van der Waals surface area contributed by atoms with E-state index >= 15 is 0 Å². The Bertz CT molecular complexity index is 2190. The molecule has 0 saturated carbocycles. The molecule has 0 aliphatic carbocycles. The predicted molar refractivity (Wildman–Crippen MR) is 182 cm³/mol. The summed E-state index contributed by atoms with van der Waals surface area (Å²) in [5, 5.41) is 5.10. The van der Waals surface area contributed by atoms with Crippen LogP contribution in [0.3, 0.4) is 0 Å². The molecule has 1 aromatic heterocycles. The molecule has 0 radical (unpaired) electrons. The number of hydrogen-bond donors (Lipinski definition) is 0. The van der Waals surface area contributed by atoms with Gasteiger partial charge < -0.3 is 4.90 Å². The van der Waals surface area contributed by atoms with Crippen LogP contribution in [-0.2, 0) is 0 Å². The van der Waals surface area contributed by atoms with Gasteiger partial charge in [-0.25, -0.2) is 0 Å². The lowest BCUT2D eigenvalue weighted by Gasteiger charge is -2.27. The van der Waals surface area contributed by atoms with Crippen LogP contribution in [0.5, 0.6) is 0 Å². The lowest BCUT2D eigenvalue weighted by Crippen LogP contribution is -2.10. The largest absolute Gasteiger partial charge is 0.310 e. The van der Waals surface area contributed by atoms with Crippen LogP contribution >= 0.6 is 11.3 Å². The Morgan fingerprint density at radius 3 is 1.90 bits per heavy atom. The van der Waals surface area contributed by atoms with Crippen LogP contribution < -0.4 is 4.90 Å². The molecule has 8 rings (SSSR count). The molecular formula is C40H27NS. The van der Waals surface area contributed by atoms with Crippen molar-refractivity contribution < 1.29 is 0 Å². The van der Waals surface area contributed by atoms with Gasteiger partial charge in [0.1, 0.15) is 0 Å². The maximum atomic E-state index is 2.42. The molecule has 8 aromatic rings. The summed E-state index contributed by atoms with van der Waals surface area (Å²) >= 11 is 1.86. The summed E-state index contributed by atoms with van der Waals surface area (Å²) < 4.78 is 2.61. The van der Waals surface area contributed by atoms with Gasteiger partial charge in [0.15, 0.2) is 0 Å². The van der Waals surface area contributed by atoms with Gasteiger partial charge in [0.05, 0.1) is 5.69 Å². The van der Waals surface area contributed by atoms with Crippen molar-refractivity contribution in [3.8, 4) is 22.3 Å². The highest BCUT2D eigenvalue weighted by Crippen LogP contribution is 2.45. The van der Waals surface area contributed by atoms with Crippen LogP contribution in [0.2, 0.25) is 0 Å². The third-order valence-electron chi connectivity index (χ3n) is 8.04. The van der Waals surface area contributed by atoms with Crippen molar-refractivity contribution in [2.75, 3.05) is 4.90 Å². The quantitative estimate of drug-likeness (QED) is 0.205. The van der Waals surface area contributed by atoms with E-state index in [1.165, 1.54) is 58.9 Å². The molecular weight excluding hydrogens is 527 g/mol. The van der Waals surface area contributed by atoms with E-state index in [0.717, 1.165) is 11.4 Å². The van der Waals surface area contributed by atoms with Gasteiger partial charge in [0.25, 0.3) is 0 Å². The summed E-state index contributed by atoms with van der Waals surface area (Å²) in [7, 11) is 0. The minimum atomic E-state index is 1.13. The Hall–Kier alpha value is -5.18. The molecule has 1 heterocycles. The van der Waals surface area contributed by atoms with Gasteiger partial charge in [0.2, 0.25) is 0 Å². The second kappa shape index (κ2) is 10.3. The van der Waals surface area contributed by atoms with Crippen molar-refractivity contribution in [2.45, 2.75) is 0 Å². The standard InChI is InChI=1S/C40H27NS/c1-2-10-28(11-3-1)30-22-24-34(25-23-30)41(37-17-9-19-39-40(37)36-16-6-7-18-38(36)42-39)35-15-8-14-32(27-35)33-21-20-29-12-4-5-13-31(29)26-33/h1-27H. The molecule has 2 heteroatoms. The van der Waals surface area contributed by atoms with E-state index in [9.17, 15) is 0 Å². The van der Waals surface area contributed by atoms with E-state index in [-0.39, 0.29) is 0 Å².